The molecule has 0 spiro atoms. The van der Waals surface area contributed by atoms with Gasteiger partial charge in [0.25, 0.3) is 5.56 Å². The van der Waals surface area contributed by atoms with Crippen molar-refractivity contribution in [2.45, 2.75) is 58.0 Å². The average Bonchev–Trinajstić information content (AvgIpc) is 3.21. The number of hydrogen-bond donors (Lipinski definition) is 0. The fraction of sp³-hybridized carbons (Fsp3) is 0.476. The zero-order valence-corrected chi connectivity index (χ0v) is 15.9. The summed E-state index contributed by atoms with van der Waals surface area (Å²) in [6.45, 7) is 2.51. The Morgan fingerprint density at radius 2 is 1.96 bits per heavy atom. The highest BCUT2D eigenvalue weighted by atomic mass is 16.5. The highest BCUT2D eigenvalue weighted by Gasteiger charge is 2.24. The molecule has 0 amide bonds. The van der Waals surface area contributed by atoms with Crippen LogP contribution in [0.5, 0.6) is 5.75 Å². The maximum Gasteiger partial charge on any atom is 0.331 e. The molecule has 1 saturated carbocycles. The number of unbranched alkanes of at least 4 members (excludes halogenated alkanes) is 1. The van der Waals surface area contributed by atoms with Crippen LogP contribution in [0.1, 0.15) is 51.5 Å². The lowest BCUT2D eigenvalue weighted by Gasteiger charge is -2.20. The molecule has 0 saturated heterocycles. The Balaban J connectivity index is 2.14. The van der Waals surface area contributed by atoms with Gasteiger partial charge in [-0.25, -0.2) is 4.79 Å². The number of para-hydroxylation sites is 1. The molecule has 0 aliphatic heterocycles. The molecular formula is C21H25N3O3. The Morgan fingerprint density at radius 3 is 2.67 bits per heavy atom. The van der Waals surface area contributed by atoms with Crippen LogP contribution in [0.25, 0.3) is 21.8 Å². The van der Waals surface area contributed by atoms with Gasteiger partial charge in [-0.3, -0.25) is 18.9 Å². The molecule has 6 nitrogen and oxygen atoms in total. The van der Waals surface area contributed by atoms with Gasteiger partial charge in [0.1, 0.15) is 11.3 Å². The molecule has 1 aliphatic carbocycles. The summed E-state index contributed by atoms with van der Waals surface area (Å²) < 4.78 is 8.71. The van der Waals surface area contributed by atoms with Crippen LogP contribution in [-0.2, 0) is 6.54 Å². The van der Waals surface area contributed by atoms with Crippen molar-refractivity contribution in [1.29, 1.82) is 0 Å². The van der Waals surface area contributed by atoms with E-state index >= 15 is 0 Å². The quantitative estimate of drug-likeness (QED) is 0.646. The summed E-state index contributed by atoms with van der Waals surface area (Å²) in [5, 5.41) is 1.31. The van der Waals surface area contributed by atoms with Gasteiger partial charge in [0.15, 0.2) is 0 Å². The van der Waals surface area contributed by atoms with Crippen LogP contribution in [0.3, 0.4) is 0 Å². The lowest BCUT2D eigenvalue weighted by molar-refractivity contribution is 0.419. The van der Waals surface area contributed by atoms with Gasteiger partial charge in [-0.2, -0.15) is 0 Å². The largest absolute Gasteiger partial charge is 0.494 e. The van der Waals surface area contributed by atoms with Gasteiger partial charge < -0.3 is 4.74 Å². The molecule has 142 valence electrons. The zero-order chi connectivity index (χ0) is 19.0. The zero-order valence-electron chi connectivity index (χ0n) is 15.9. The number of ether oxygens (including phenoxy) is 1. The van der Waals surface area contributed by atoms with Gasteiger partial charge >= 0.3 is 5.69 Å². The molecule has 1 fully saturated rings. The summed E-state index contributed by atoms with van der Waals surface area (Å²) in [5.74, 6) is 0.648. The third-order valence-corrected chi connectivity index (χ3v) is 5.63. The summed E-state index contributed by atoms with van der Waals surface area (Å²) >= 11 is 0. The molecule has 0 radical (unpaired) electrons. The van der Waals surface area contributed by atoms with E-state index in [2.05, 4.69) is 11.9 Å². The average molecular weight is 367 g/mol. The third-order valence-electron chi connectivity index (χ3n) is 5.63. The van der Waals surface area contributed by atoms with Crippen molar-refractivity contribution < 1.29 is 4.74 Å². The van der Waals surface area contributed by atoms with Gasteiger partial charge in [-0.05, 0) is 25.3 Å². The van der Waals surface area contributed by atoms with Crippen LogP contribution in [0.4, 0.5) is 0 Å². The third kappa shape index (κ3) is 2.83. The first kappa shape index (κ1) is 17.8. The van der Waals surface area contributed by atoms with E-state index in [1.54, 1.807) is 13.3 Å². The number of rotatable bonds is 5. The molecular weight excluding hydrogens is 342 g/mol. The minimum absolute atomic E-state index is 0.130. The SMILES string of the molecule is CCCCn1c(=O)c2cnc3c(OC)cccc3c2n(C2CCCC2)c1=O. The lowest BCUT2D eigenvalue weighted by Crippen LogP contribution is -2.41. The number of hydrogen-bond acceptors (Lipinski definition) is 4. The number of benzene rings is 1. The summed E-state index contributed by atoms with van der Waals surface area (Å²) in [6.07, 6.45) is 7.50. The Morgan fingerprint density at radius 1 is 1.19 bits per heavy atom. The first-order valence-electron chi connectivity index (χ1n) is 9.78. The van der Waals surface area contributed by atoms with E-state index in [1.165, 1.54) is 4.57 Å². The molecule has 1 aliphatic rings. The van der Waals surface area contributed by atoms with Gasteiger partial charge in [-0.15, -0.1) is 0 Å². The van der Waals surface area contributed by atoms with Crippen molar-refractivity contribution >= 4 is 21.8 Å². The number of aromatic nitrogens is 3. The molecule has 0 bridgehead atoms. The smallest absolute Gasteiger partial charge is 0.331 e. The van der Waals surface area contributed by atoms with Crippen LogP contribution < -0.4 is 16.0 Å². The highest BCUT2D eigenvalue weighted by molar-refractivity contribution is 6.04. The van der Waals surface area contributed by atoms with E-state index in [0.29, 0.717) is 28.7 Å². The molecule has 27 heavy (non-hydrogen) atoms. The van der Waals surface area contributed by atoms with Gasteiger partial charge in [0.05, 0.1) is 18.0 Å². The number of fused-ring (bicyclic) bond motifs is 3. The Bertz CT molecular complexity index is 1110. The van der Waals surface area contributed by atoms with E-state index in [9.17, 15) is 9.59 Å². The second kappa shape index (κ2) is 7.18. The fourth-order valence-electron chi connectivity index (χ4n) is 4.24. The minimum atomic E-state index is -0.241. The molecule has 6 heteroatoms. The Hall–Kier alpha value is -2.63. The van der Waals surface area contributed by atoms with Crippen molar-refractivity contribution in [1.82, 2.24) is 14.1 Å². The molecule has 0 atom stereocenters. The molecule has 1 aromatic carbocycles. The maximum atomic E-state index is 13.4. The highest BCUT2D eigenvalue weighted by Crippen LogP contribution is 2.34. The van der Waals surface area contributed by atoms with Crippen LogP contribution in [0.2, 0.25) is 0 Å². The monoisotopic (exact) mass is 367 g/mol. The lowest BCUT2D eigenvalue weighted by atomic mass is 10.1. The second-order valence-electron chi connectivity index (χ2n) is 7.28. The molecule has 0 unspecified atom stereocenters. The van der Waals surface area contributed by atoms with Crippen molar-refractivity contribution in [3.8, 4) is 5.75 Å². The fourth-order valence-corrected chi connectivity index (χ4v) is 4.24. The van der Waals surface area contributed by atoms with Gasteiger partial charge in [-0.1, -0.05) is 38.3 Å². The molecule has 0 N–H and O–H groups in total. The normalized spacial score (nSPS) is 15.0. The van der Waals surface area contributed by atoms with E-state index in [0.717, 1.165) is 43.9 Å². The minimum Gasteiger partial charge on any atom is -0.494 e. The number of nitrogens with zero attached hydrogens (tertiary/aromatic N) is 3. The van der Waals surface area contributed by atoms with Crippen LogP contribution in [0, 0.1) is 0 Å². The van der Waals surface area contributed by atoms with E-state index < -0.39 is 0 Å². The maximum absolute atomic E-state index is 13.4. The molecule has 3 aromatic rings. The number of methoxy groups -OCH3 is 1. The second-order valence-corrected chi connectivity index (χ2v) is 7.28. The topological polar surface area (TPSA) is 66.1 Å². The molecule has 2 aromatic heterocycles. The van der Waals surface area contributed by atoms with Gasteiger partial charge in [0.2, 0.25) is 0 Å². The van der Waals surface area contributed by atoms with Crippen molar-refractivity contribution in [3.05, 3.63) is 45.2 Å². The van der Waals surface area contributed by atoms with Crippen molar-refractivity contribution in [3.63, 3.8) is 0 Å². The number of pyridine rings is 1. The van der Waals surface area contributed by atoms with Crippen LogP contribution >= 0.6 is 0 Å². The first-order chi connectivity index (χ1) is 13.2. The summed E-state index contributed by atoms with van der Waals surface area (Å²) in [4.78, 5) is 31.0. The van der Waals surface area contributed by atoms with Crippen molar-refractivity contribution in [2.24, 2.45) is 0 Å². The van der Waals surface area contributed by atoms with Crippen molar-refractivity contribution in [2.75, 3.05) is 7.11 Å². The Labute approximate surface area is 157 Å². The summed E-state index contributed by atoms with van der Waals surface area (Å²) in [5.41, 5.74) is 0.955. The molecule has 2 heterocycles. The van der Waals surface area contributed by atoms with Crippen LogP contribution in [0.15, 0.2) is 34.0 Å². The molecule has 4 rings (SSSR count). The van der Waals surface area contributed by atoms with E-state index in [4.69, 9.17) is 4.74 Å². The van der Waals surface area contributed by atoms with E-state index in [1.807, 2.05) is 22.8 Å². The van der Waals surface area contributed by atoms with E-state index in [-0.39, 0.29) is 17.3 Å². The van der Waals surface area contributed by atoms with Gasteiger partial charge in [0, 0.05) is 24.2 Å². The summed E-state index contributed by atoms with van der Waals surface area (Å²) in [7, 11) is 1.60. The van der Waals surface area contributed by atoms with Crippen LogP contribution in [-0.4, -0.2) is 21.2 Å². The Kier molecular flexibility index (Phi) is 4.72. The first-order valence-corrected chi connectivity index (χ1v) is 9.78. The predicted octanol–water partition coefficient (Wildman–Crippen LogP) is 3.64. The standard InChI is InChI=1S/C21H25N3O3/c1-3-4-12-23-20(25)16-13-22-18-15(10-7-11-17(18)27-2)19(16)24(21(23)26)14-8-5-6-9-14/h7,10-11,13-14H,3-6,8-9,12H2,1-2H3. The summed E-state index contributed by atoms with van der Waals surface area (Å²) in [6, 6.07) is 5.79. The predicted molar refractivity (Wildman–Crippen MR) is 107 cm³/mol.